The lowest BCUT2D eigenvalue weighted by atomic mass is 10.2. The van der Waals surface area contributed by atoms with E-state index in [0.717, 1.165) is 32.7 Å². The summed E-state index contributed by atoms with van der Waals surface area (Å²) in [7, 11) is 0. The van der Waals surface area contributed by atoms with Gasteiger partial charge in [-0.2, -0.15) is 0 Å². The first-order valence-electron chi connectivity index (χ1n) is 7.50. The topological polar surface area (TPSA) is 75.9 Å². The molecule has 0 atom stereocenters. The van der Waals surface area contributed by atoms with Gasteiger partial charge in [-0.15, -0.1) is 0 Å². The first-order chi connectivity index (χ1) is 11.8. The molecule has 0 fully saturated rings. The number of hydrogen-bond acceptors (Lipinski definition) is 4. The Kier molecular flexibility index (Phi) is 2.55. The smallest absolute Gasteiger partial charge is 0.292 e. The Morgan fingerprint density at radius 3 is 2.75 bits per heavy atom. The highest BCUT2D eigenvalue weighted by molar-refractivity contribution is 6.09. The highest BCUT2D eigenvalue weighted by Gasteiger charge is 2.13. The third kappa shape index (κ3) is 1.70. The summed E-state index contributed by atoms with van der Waals surface area (Å²) in [4.78, 5) is 27.9. The van der Waals surface area contributed by atoms with Crippen LogP contribution in [0.3, 0.4) is 0 Å². The predicted octanol–water partition coefficient (Wildman–Crippen LogP) is 1.67. The molecule has 0 aliphatic rings. The van der Waals surface area contributed by atoms with Gasteiger partial charge in [0.25, 0.3) is 5.56 Å². The summed E-state index contributed by atoms with van der Waals surface area (Å²) in [5.74, 6) is 0. The van der Waals surface area contributed by atoms with E-state index in [1.54, 1.807) is 31.0 Å². The van der Waals surface area contributed by atoms with Crippen molar-refractivity contribution in [3.8, 4) is 0 Å². The van der Waals surface area contributed by atoms with E-state index in [-0.39, 0.29) is 5.56 Å². The number of nitrogens with one attached hydrogen (secondary N) is 1. The van der Waals surface area contributed by atoms with Gasteiger partial charge in [0.1, 0.15) is 0 Å². The zero-order valence-corrected chi connectivity index (χ0v) is 12.5. The molecular formula is C18H11N5O. The maximum absolute atomic E-state index is 12.3. The molecule has 0 aliphatic carbocycles. The van der Waals surface area contributed by atoms with Crippen LogP contribution in [0, 0.1) is 0 Å². The van der Waals surface area contributed by atoms with E-state index in [1.807, 2.05) is 34.7 Å². The van der Waals surface area contributed by atoms with Crippen molar-refractivity contribution in [2.45, 2.75) is 0 Å². The molecule has 0 saturated heterocycles. The van der Waals surface area contributed by atoms with Crippen LogP contribution in [0.5, 0.6) is 0 Å². The average Bonchev–Trinajstić information content (AvgIpc) is 3.21. The van der Waals surface area contributed by atoms with E-state index in [1.165, 1.54) is 0 Å². The van der Waals surface area contributed by atoms with Crippen molar-refractivity contribution in [2.75, 3.05) is 0 Å². The highest BCUT2D eigenvalue weighted by atomic mass is 16.1. The van der Waals surface area contributed by atoms with Gasteiger partial charge in [-0.1, -0.05) is 24.3 Å². The molecule has 0 saturated carbocycles. The van der Waals surface area contributed by atoms with Crippen molar-refractivity contribution < 1.29 is 0 Å². The van der Waals surface area contributed by atoms with Gasteiger partial charge in [-0.25, -0.2) is 4.98 Å². The molecule has 0 radical (unpaired) electrons. The molecule has 24 heavy (non-hydrogen) atoms. The van der Waals surface area contributed by atoms with Gasteiger partial charge in [-0.3, -0.25) is 19.2 Å². The first-order valence-corrected chi connectivity index (χ1v) is 7.50. The molecule has 5 rings (SSSR count). The van der Waals surface area contributed by atoms with Crippen LogP contribution in [-0.4, -0.2) is 24.3 Å². The zero-order chi connectivity index (χ0) is 16.1. The number of nitrogens with zero attached hydrogens (tertiary/aromatic N) is 4. The third-order valence-electron chi connectivity index (χ3n) is 4.18. The lowest BCUT2D eigenvalue weighted by Crippen LogP contribution is -2.13. The van der Waals surface area contributed by atoms with Crippen LogP contribution in [-0.2, 0) is 0 Å². The lowest BCUT2D eigenvalue weighted by Gasteiger charge is -1.97. The van der Waals surface area contributed by atoms with Crippen molar-refractivity contribution >= 4 is 33.5 Å². The number of H-pyrrole nitrogens is 1. The summed E-state index contributed by atoms with van der Waals surface area (Å²) in [5.41, 5.74) is 2.65. The SMILES string of the molecule is O=c1[nH]c2c3ccccc3c(=Cc3cnccn3)c2n2ccnc12. The predicted molar refractivity (Wildman–Crippen MR) is 91.6 cm³/mol. The van der Waals surface area contributed by atoms with Crippen LogP contribution in [0.15, 0.2) is 60.0 Å². The quantitative estimate of drug-likeness (QED) is 0.511. The molecule has 0 bridgehead atoms. The number of aromatic nitrogens is 5. The molecule has 6 nitrogen and oxygen atoms in total. The van der Waals surface area contributed by atoms with Gasteiger partial charge in [-0.05, 0) is 11.5 Å². The Bertz CT molecular complexity index is 1320. The Morgan fingerprint density at radius 1 is 1.04 bits per heavy atom. The summed E-state index contributed by atoms with van der Waals surface area (Å²) >= 11 is 0. The largest absolute Gasteiger partial charge is 0.317 e. The van der Waals surface area contributed by atoms with E-state index < -0.39 is 0 Å². The normalized spacial score (nSPS) is 12.6. The van der Waals surface area contributed by atoms with Gasteiger partial charge in [0.2, 0.25) is 5.65 Å². The van der Waals surface area contributed by atoms with E-state index >= 15 is 0 Å². The van der Waals surface area contributed by atoms with Gasteiger partial charge in [0, 0.05) is 35.4 Å². The second-order valence-corrected chi connectivity index (χ2v) is 5.53. The average molecular weight is 313 g/mol. The van der Waals surface area contributed by atoms with Crippen molar-refractivity contribution in [2.24, 2.45) is 0 Å². The third-order valence-corrected chi connectivity index (χ3v) is 4.18. The van der Waals surface area contributed by atoms with Gasteiger partial charge >= 0.3 is 0 Å². The van der Waals surface area contributed by atoms with Crippen molar-refractivity contribution in [3.63, 3.8) is 0 Å². The van der Waals surface area contributed by atoms with E-state index in [2.05, 4.69) is 19.9 Å². The minimum atomic E-state index is -0.200. The van der Waals surface area contributed by atoms with Crippen LogP contribution in [0.4, 0.5) is 0 Å². The fourth-order valence-corrected chi connectivity index (χ4v) is 3.20. The highest BCUT2D eigenvalue weighted by Crippen LogP contribution is 2.22. The standard InChI is InChI=1S/C18H11N5O/c24-18-17-21-7-8-23(17)16-14(9-11-10-19-5-6-20-11)12-3-1-2-4-13(12)15(16)22-18/h1-10H,(H,22,24). The second-order valence-electron chi connectivity index (χ2n) is 5.53. The van der Waals surface area contributed by atoms with E-state index in [4.69, 9.17) is 0 Å². The Morgan fingerprint density at radius 2 is 1.92 bits per heavy atom. The molecule has 3 heterocycles. The van der Waals surface area contributed by atoms with Gasteiger partial charge in [0.05, 0.1) is 22.9 Å². The number of fused-ring (bicyclic) bond motifs is 5. The van der Waals surface area contributed by atoms with Crippen LogP contribution in [0.1, 0.15) is 5.69 Å². The fourth-order valence-electron chi connectivity index (χ4n) is 3.20. The van der Waals surface area contributed by atoms with Crippen molar-refractivity contribution in [1.82, 2.24) is 24.3 Å². The van der Waals surface area contributed by atoms with Crippen LogP contribution < -0.4 is 10.8 Å². The molecule has 2 aromatic carbocycles. The molecule has 5 aromatic rings. The molecule has 0 amide bonds. The minimum absolute atomic E-state index is 0.200. The van der Waals surface area contributed by atoms with Gasteiger partial charge < -0.3 is 4.98 Å². The van der Waals surface area contributed by atoms with Crippen LogP contribution >= 0.6 is 0 Å². The fraction of sp³-hybridized carbons (Fsp3) is 0. The van der Waals surface area contributed by atoms with Crippen LogP contribution in [0.2, 0.25) is 0 Å². The summed E-state index contributed by atoms with van der Waals surface area (Å²) in [6.45, 7) is 0. The van der Waals surface area contributed by atoms with Crippen molar-refractivity contribution in [3.05, 3.63) is 76.5 Å². The molecule has 3 aromatic heterocycles. The summed E-state index contributed by atoms with van der Waals surface area (Å²) in [6.07, 6.45) is 10.4. The van der Waals surface area contributed by atoms with Crippen molar-refractivity contribution in [1.29, 1.82) is 0 Å². The number of imidazole rings is 1. The first kappa shape index (κ1) is 13.0. The monoisotopic (exact) mass is 313 g/mol. The number of rotatable bonds is 1. The maximum atomic E-state index is 12.3. The summed E-state index contributed by atoms with van der Waals surface area (Å²) < 4.78 is 1.83. The second kappa shape index (κ2) is 4.73. The molecule has 1 N–H and O–H groups in total. The maximum Gasteiger partial charge on any atom is 0.292 e. The summed E-state index contributed by atoms with van der Waals surface area (Å²) in [6, 6.07) is 7.99. The van der Waals surface area contributed by atoms with Crippen LogP contribution in [0.25, 0.3) is 33.5 Å². The summed E-state index contributed by atoms with van der Waals surface area (Å²) in [5, 5.41) is 3.03. The molecule has 0 aliphatic heterocycles. The minimum Gasteiger partial charge on any atom is -0.317 e. The zero-order valence-electron chi connectivity index (χ0n) is 12.5. The molecule has 0 spiro atoms. The van der Waals surface area contributed by atoms with E-state index in [9.17, 15) is 4.79 Å². The Balaban J connectivity index is 2.10. The molecule has 114 valence electrons. The molecular weight excluding hydrogens is 302 g/mol. The molecule has 0 unspecified atom stereocenters. The lowest BCUT2D eigenvalue weighted by molar-refractivity contribution is 1.17. The number of hydrogen-bond donors (Lipinski definition) is 1. The van der Waals surface area contributed by atoms with Gasteiger partial charge in [0.15, 0.2) is 0 Å². The number of benzene rings is 1. The Hall–Kier alpha value is -3.54. The van der Waals surface area contributed by atoms with E-state index in [0.29, 0.717) is 5.65 Å². The Labute approximate surface area is 135 Å². The molecule has 6 heteroatoms. The number of aromatic amines is 1.